The molecule has 0 radical (unpaired) electrons. The maximum Gasteiger partial charge on any atom is 0.138 e. The van der Waals surface area contributed by atoms with Crippen LogP contribution in [0.2, 0.25) is 5.15 Å². The second kappa shape index (κ2) is 9.04. The first-order chi connectivity index (χ1) is 15.9. The van der Waals surface area contributed by atoms with E-state index in [2.05, 4.69) is 10.3 Å². The second-order valence-corrected chi connectivity index (χ2v) is 10.5. The summed E-state index contributed by atoms with van der Waals surface area (Å²) in [5.74, 6) is 2.21. The lowest BCUT2D eigenvalue weighted by molar-refractivity contribution is -0.0932. The molecule has 3 heterocycles. The minimum absolute atomic E-state index is 0.192. The molecular weight excluding hydrogens is 463 g/mol. The first-order valence-corrected chi connectivity index (χ1v) is 12.6. The average molecular weight is 489 g/mol. The number of aliphatic hydroxyl groups is 2. The van der Waals surface area contributed by atoms with Crippen LogP contribution in [0.1, 0.15) is 41.7 Å². The molecule has 1 spiro atoms. The Balaban J connectivity index is 1.52. The van der Waals surface area contributed by atoms with Crippen LogP contribution in [0.3, 0.4) is 0 Å². The molecule has 174 valence electrons. The lowest BCUT2D eigenvalue weighted by Gasteiger charge is -2.48. The number of nitrogens with zero attached hydrogens (tertiary/aromatic N) is 1. The van der Waals surface area contributed by atoms with Gasteiger partial charge < -0.3 is 20.3 Å². The van der Waals surface area contributed by atoms with Crippen LogP contribution in [-0.2, 0) is 0 Å². The molecule has 5 nitrogen and oxygen atoms in total. The first-order valence-electron chi connectivity index (χ1n) is 11.1. The SMILES string of the molecule is Cc1cc(Cl)nc2cc3c(cc12)OC1(CCSCC1)C(O)C3NCC(O)c1ccc(F)cc1. The largest absolute Gasteiger partial charge is 0.484 e. The highest BCUT2D eigenvalue weighted by molar-refractivity contribution is 7.99. The Labute approximate surface area is 201 Å². The van der Waals surface area contributed by atoms with Gasteiger partial charge in [0.25, 0.3) is 0 Å². The summed E-state index contributed by atoms with van der Waals surface area (Å²) in [5, 5.41) is 26.9. The van der Waals surface area contributed by atoms with Gasteiger partial charge in [-0.25, -0.2) is 9.37 Å². The second-order valence-electron chi connectivity index (χ2n) is 8.85. The zero-order valence-electron chi connectivity index (χ0n) is 18.2. The molecule has 3 atom stereocenters. The molecule has 3 aromatic rings. The molecule has 2 aliphatic heterocycles. The molecule has 5 rings (SSSR count). The number of nitrogens with one attached hydrogen (secondary N) is 1. The summed E-state index contributed by atoms with van der Waals surface area (Å²) < 4.78 is 19.8. The number of hydrogen-bond acceptors (Lipinski definition) is 6. The van der Waals surface area contributed by atoms with Crippen molar-refractivity contribution in [2.45, 2.75) is 43.6 Å². The molecule has 1 aromatic heterocycles. The first kappa shape index (κ1) is 22.9. The highest BCUT2D eigenvalue weighted by atomic mass is 35.5. The van der Waals surface area contributed by atoms with E-state index in [1.165, 1.54) is 12.1 Å². The van der Waals surface area contributed by atoms with E-state index in [0.717, 1.165) is 52.1 Å². The molecule has 8 heteroatoms. The fourth-order valence-electron chi connectivity index (χ4n) is 4.86. The van der Waals surface area contributed by atoms with Gasteiger partial charge in [0.05, 0.1) is 17.7 Å². The van der Waals surface area contributed by atoms with E-state index in [0.29, 0.717) is 10.7 Å². The minimum atomic E-state index is -0.850. The van der Waals surface area contributed by atoms with Crippen LogP contribution < -0.4 is 10.1 Å². The number of hydrogen-bond donors (Lipinski definition) is 3. The monoisotopic (exact) mass is 488 g/mol. The van der Waals surface area contributed by atoms with E-state index in [9.17, 15) is 14.6 Å². The number of benzene rings is 2. The summed E-state index contributed by atoms with van der Waals surface area (Å²) in [7, 11) is 0. The predicted octanol–water partition coefficient (Wildman–Crippen LogP) is 4.72. The number of aromatic nitrogens is 1. The summed E-state index contributed by atoms with van der Waals surface area (Å²) in [4.78, 5) is 4.47. The fraction of sp³-hybridized carbons (Fsp3) is 0.400. The number of thioether (sulfide) groups is 1. The lowest BCUT2D eigenvalue weighted by Crippen LogP contribution is -2.58. The number of pyridine rings is 1. The van der Waals surface area contributed by atoms with Crippen LogP contribution in [0.4, 0.5) is 4.39 Å². The molecule has 1 saturated heterocycles. The van der Waals surface area contributed by atoms with Gasteiger partial charge in [-0.15, -0.1) is 0 Å². The number of ether oxygens (including phenoxy) is 1. The summed E-state index contributed by atoms with van der Waals surface area (Å²) >= 11 is 8.06. The van der Waals surface area contributed by atoms with Gasteiger partial charge in [-0.1, -0.05) is 23.7 Å². The van der Waals surface area contributed by atoms with Gasteiger partial charge in [0.1, 0.15) is 28.4 Å². The zero-order valence-corrected chi connectivity index (χ0v) is 19.8. The van der Waals surface area contributed by atoms with E-state index in [1.54, 1.807) is 12.1 Å². The van der Waals surface area contributed by atoms with Gasteiger partial charge in [0.15, 0.2) is 0 Å². The van der Waals surface area contributed by atoms with Gasteiger partial charge in [-0.05, 0) is 72.7 Å². The fourth-order valence-corrected chi connectivity index (χ4v) is 6.30. The van der Waals surface area contributed by atoms with E-state index in [1.807, 2.05) is 36.9 Å². The van der Waals surface area contributed by atoms with Crippen molar-refractivity contribution in [3.05, 3.63) is 70.1 Å². The molecule has 0 amide bonds. The number of fused-ring (bicyclic) bond motifs is 2. The highest BCUT2D eigenvalue weighted by Gasteiger charge is 2.50. The van der Waals surface area contributed by atoms with Crippen LogP contribution in [-0.4, -0.2) is 45.0 Å². The number of aryl methyl sites for hydroxylation is 1. The minimum Gasteiger partial charge on any atom is -0.484 e. The Bertz CT molecular complexity index is 1170. The van der Waals surface area contributed by atoms with Crippen molar-refractivity contribution >= 4 is 34.3 Å². The third-order valence-corrected chi connectivity index (χ3v) is 7.92. The Kier molecular flexibility index (Phi) is 6.27. The molecule has 0 saturated carbocycles. The highest BCUT2D eigenvalue weighted by Crippen LogP contribution is 2.47. The quantitative estimate of drug-likeness (QED) is 0.461. The lowest BCUT2D eigenvalue weighted by atomic mass is 9.80. The Morgan fingerprint density at radius 3 is 2.70 bits per heavy atom. The molecular formula is C25H26ClFN2O3S. The van der Waals surface area contributed by atoms with Crippen molar-refractivity contribution < 1.29 is 19.3 Å². The van der Waals surface area contributed by atoms with Gasteiger partial charge in [-0.2, -0.15) is 11.8 Å². The van der Waals surface area contributed by atoms with E-state index in [4.69, 9.17) is 16.3 Å². The molecule has 3 N–H and O–H groups in total. The van der Waals surface area contributed by atoms with Gasteiger partial charge in [-0.3, -0.25) is 0 Å². The van der Waals surface area contributed by atoms with Crippen molar-refractivity contribution in [2.75, 3.05) is 18.1 Å². The Morgan fingerprint density at radius 2 is 1.97 bits per heavy atom. The Hall–Kier alpha value is -1.90. The third kappa shape index (κ3) is 4.33. The summed E-state index contributed by atoms with van der Waals surface area (Å²) in [6, 6.07) is 11.1. The number of halogens is 2. The predicted molar refractivity (Wildman–Crippen MR) is 130 cm³/mol. The zero-order chi connectivity index (χ0) is 23.2. The maximum atomic E-state index is 13.3. The Morgan fingerprint density at radius 1 is 1.24 bits per heavy atom. The maximum absolute atomic E-state index is 13.3. The van der Waals surface area contributed by atoms with Gasteiger partial charge in [0.2, 0.25) is 0 Å². The summed E-state index contributed by atoms with van der Waals surface area (Å²) in [6.45, 7) is 2.18. The molecule has 2 aliphatic rings. The molecule has 33 heavy (non-hydrogen) atoms. The van der Waals surface area contributed by atoms with Gasteiger partial charge >= 0.3 is 0 Å². The standard InChI is InChI=1S/C25H26ClFN2O3S/c1-14-10-22(26)29-19-11-18-21(12-17(14)19)32-25(6-8-33-9-7-25)24(31)23(18)28-13-20(30)15-2-4-16(27)5-3-15/h2-5,10-12,20,23-24,28,30-31H,6-9,13H2,1H3. The molecule has 0 aliphatic carbocycles. The van der Waals surface area contributed by atoms with Crippen molar-refractivity contribution in [3.63, 3.8) is 0 Å². The average Bonchev–Trinajstić information content (AvgIpc) is 2.80. The van der Waals surface area contributed by atoms with E-state index < -0.39 is 23.9 Å². The summed E-state index contributed by atoms with van der Waals surface area (Å²) in [6.07, 6.45) is -0.166. The van der Waals surface area contributed by atoms with Crippen LogP contribution in [0.5, 0.6) is 5.75 Å². The number of aliphatic hydroxyl groups excluding tert-OH is 2. The molecule has 0 bridgehead atoms. The van der Waals surface area contributed by atoms with Gasteiger partial charge in [0, 0.05) is 17.5 Å². The summed E-state index contributed by atoms with van der Waals surface area (Å²) in [5.41, 5.74) is 2.46. The van der Waals surface area contributed by atoms with E-state index in [-0.39, 0.29) is 12.4 Å². The smallest absolute Gasteiger partial charge is 0.138 e. The van der Waals surface area contributed by atoms with Crippen molar-refractivity contribution in [2.24, 2.45) is 0 Å². The van der Waals surface area contributed by atoms with Crippen LogP contribution >= 0.6 is 23.4 Å². The third-order valence-electron chi connectivity index (χ3n) is 6.74. The van der Waals surface area contributed by atoms with Crippen molar-refractivity contribution in [1.82, 2.24) is 10.3 Å². The van der Waals surface area contributed by atoms with Crippen LogP contribution in [0.15, 0.2) is 42.5 Å². The van der Waals surface area contributed by atoms with Crippen LogP contribution in [0.25, 0.3) is 10.9 Å². The number of rotatable bonds is 4. The van der Waals surface area contributed by atoms with Crippen molar-refractivity contribution in [3.8, 4) is 5.75 Å². The van der Waals surface area contributed by atoms with Crippen LogP contribution in [0, 0.1) is 12.7 Å². The molecule has 1 fully saturated rings. The normalized spacial score (nSPS) is 22.7. The van der Waals surface area contributed by atoms with Crippen molar-refractivity contribution in [1.29, 1.82) is 0 Å². The molecule has 2 aromatic carbocycles. The molecule has 3 unspecified atom stereocenters. The van der Waals surface area contributed by atoms with E-state index >= 15 is 0 Å². The topological polar surface area (TPSA) is 74.6 Å².